The smallest absolute Gasteiger partial charge is 0.265 e. The number of hydrogen-bond donors (Lipinski definition) is 0. The molecule has 1 saturated heterocycles. The number of aromatic nitrogens is 1. The number of aryl methyl sites for hydroxylation is 1. The Labute approximate surface area is 202 Å². The van der Waals surface area contributed by atoms with Crippen LogP contribution in [-0.4, -0.2) is 63.3 Å². The first-order valence-corrected chi connectivity index (χ1v) is 11.7. The van der Waals surface area contributed by atoms with E-state index in [1.54, 1.807) is 21.3 Å². The summed E-state index contributed by atoms with van der Waals surface area (Å²) in [6, 6.07) is 11.5. The molecule has 1 aliphatic rings. The molecule has 0 atom stereocenters. The van der Waals surface area contributed by atoms with Crippen molar-refractivity contribution >= 4 is 34.5 Å². The van der Waals surface area contributed by atoms with Gasteiger partial charge in [-0.2, -0.15) is 0 Å². The Kier molecular flexibility index (Phi) is 6.95. The van der Waals surface area contributed by atoms with Gasteiger partial charge in [0.1, 0.15) is 9.88 Å². The van der Waals surface area contributed by atoms with Crippen LogP contribution in [0, 0.1) is 6.92 Å². The molecule has 0 radical (unpaired) electrons. The molecule has 1 amide bonds. The molecule has 0 unspecified atom stereocenters. The van der Waals surface area contributed by atoms with Gasteiger partial charge in [0.2, 0.25) is 5.75 Å². The predicted octanol–water partition coefficient (Wildman–Crippen LogP) is 4.76. The molecule has 1 aromatic heterocycles. The van der Waals surface area contributed by atoms with E-state index < -0.39 is 0 Å². The first-order valence-electron chi connectivity index (χ1n) is 10.5. The summed E-state index contributed by atoms with van der Waals surface area (Å²) >= 11 is 7.51. The number of thiazole rings is 1. The topological polar surface area (TPSA) is 64.1 Å². The van der Waals surface area contributed by atoms with Crippen molar-refractivity contribution in [3.05, 3.63) is 52.0 Å². The number of amides is 1. The van der Waals surface area contributed by atoms with Gasteiger partial charge in [0.25, 0.3) is 5.91 Å². The summed E-state index contributed by atoms with van der Waals surface area (Å²) in [5, 5.41) is 1.44. The largest absolute Gasteiger partial charge is 0.493 e. The maximum atomic E-state index is 13.3. The second-order valence-corrected chi connectivity index (χ2v) is 9.04. The number of nitrogens with zero attached hydrogens (tertiary/aromatic N) is 3. The lowest BCUT2D eigenvalue weighted by atomic mass is 10.2. The minimum Gasteiger partial charge on any atom is -0.493 e. The quantitative estimate of drug-likeness (QED) is 0.499. The summed E-state index contributed by atoms with van der Waals surface area (Å²) in [5.41, 5.74) is 2.60. The second kappa shape index (κ2) is 9.89. The zero-order valence-corrected chi connectivity index (χ0v) is 20.6. The maximum absolute atomic E-state index is 13.3. The summed E-state index contributed by atoms with van der Waals surface area (Å²) in [7, 11) is 4.72. The summed E-state index contributed by atoms with van der Waals surface area (Å²) in [6.07, 6.45) is 0. The number of anilines is 1. The number of piperazine rings is 1. The Bertz CT molecular complexity index is 1130. The molecule has 2 heterocycles. The van der Waals surface area contributed by atoms with Crippen molar-refractivity contribution < 1.29 is 19.0 Å². The molecule has 174 valence electrons. The Hall–Kier alpha value is -2.97. The zero-order chi connectivity index (χ0) is 23.5. The van der Waals surface area contributed by atoms with Gasteiger partial charge in [0.15, 0.2) is 11.5 Å². The van der Waals surface area contributed by atoms with E-state index in [0.717, 1.165) is 29.3 Å². The van der Waals surface area contributed by atoms with E-state index in [2.05, 4.69) is 9.88 Å². The van der Waals surface area contributed by atoms with Crippen molar-refractivity contribution in [3.63, 3.8) is 0 Å². The lowest BCUT2D eigenvalue weighted by Crippen LogP contribution is -2.48. The van der Waals surface area contributed by atoms with Crippen LogP contribution in [0.4, 0.5) is 5.69 Å². The number of methoxy groups -OCH3 is 3. The molecule has 0 spiro atoms. The molecule has 1 fully saturated rings. The molecule has 1 aliphatic heterocycles. The molecule has 0 bridgehead atoms. The van der Waals surface area contributed by atoms with Crippen LogP contribution in [0.1, 0.15) is 15.4 Å². The SMILES string of the molecule is COc1cc(-c2nc(C)c(C(=O)N3CCN(c4cccc(Cl)c4)CC3)s2)cc(OC)c1OC. The van der Waals surface area contributed by atoms with E-state index in [1.165, 1.54) is 11.3 Å². The van der Waals surface area contributed by atoms with E-state index in [0.29, 0.717) is 45.9 Å². The molecule has 4 rings (SSSR count). The van der Waals surface area contributed by atoms with Crippen molar-refractivity contribution in [3.8, 4) is 27.8 Å². The third kappa shape index (κ3) is 4.72. The van der Waals surface area contributed by atoms with Crippen LogP contribution in [0.3, 0.4) is 0 Å². The van der Waals surface area contributed by atoms with E-state index in [9.17, 15) is 4.79 Å². The van der Waals surface area contributed by atoms with Crippen molar-refractivity contribution in [2.45, 2.75) is 6.92 Å². The first-order chi connectivity index (χ1) is 15.9. The zero-order valence-electron chi connectivity index (χ0n) is 19.1. The summed E-state index contributed by atoms with van der Waals surface area (Å²) in [6.45, 7) is 4.66. The van der Waals surface area contributed by atoms with Gasteiger partial charge in [0, 0.05) is 42.5 Å². The molecular weight excluding hydrogens is 462 g/mol. The van der Waals surface area contributed by atoms with Crippen LogP contribution in [0.5, 0.6) is 17.2 Å². The first kappa shape index (κ1) is 23.2. The van der Waals surface area contributed by atoms with Gasteiger partial charge in [-0.25, -0.2) is 4.98 Å². The number of rotatable bonds is 6. The van der Waals surface area contributed by atoms with Crippen LogP contribution in [0.25, 0.3) is 10.6 Å². The molecule has 0 aliphatic carbocycles. The van der Waals surface area contributed by atoms with Crippen LogP contribution in [0.2, 0.25) is 5.02 Å². The van der Waals surface area contributed by atoms with Gasteiger partial charge in [0.05, 0.1) is 27.0 Å². The number of carbonyl (C=O) groups excluding carboxylic acids is 1. The van der Waals surface area contributed by atoms with Gasteiger partial charge in [-0.3, -0.25) is 4.79 Å². The highest BCUT2D eigenvalue weighted by atomic mass is 35.5. The minimum absolute atomic E-state index is 0.00874. The number of benzene rings is 2. The lowest BCUT2D eigenvalue weighted by molar-refractivity contribution is 0.0750. The Morgan fingerprint density at radius 3 is 2.24 bits per heavy atom. The van der Waals surface area contributed by atoms with Crippen molar-refractivity contribution in [1.82, 2.24) is 9.88 Å². The van der Waals surface area contributed by atoms with Gasteiger partial charge in [-0.15, -0.1) is 11.3 Å². The maximum Gasteiger partial charge on any atom is 0.265 e. The molecule has 3 aromatic rings. The van der Waals surface area contributed by atoms with Crippen molar-refractivity contribution in [2.75, 3.05) is 52.4 Å². The fourth-order valence-electron chi connectivity index (χ4n) is 3.91. The molecule has 2 aromatic carbocycles. The van der Waals surface area contributed by atoms with E-state index in [-0.39, 0.29) is 5.91 Å². The van der Waals surface area contributed by atoms with Gasteiger partial charge < -0.3 is 24.0 Å². The predicted molar refractivity (Wildman–Crippen MR) is 132 cm³/mol. The molecular formula is C24H26ClN3O4S. The monoisotopic (exact) mass is 487 g/mol. The standard InChI is InChI=1S/C24H26ClN3O4S/c1-15-22(24(29)28-10-8-27(9-11-28)18-7-5-6-17(25)14-18)33-23(26-15)16-12-19(30-2)21(32-4)20(13-16)31-3/h5-7,12-14H,8-11H2,1-4H3. The Morgan fingerprint density at radius 2 is 1.67 bits per heavy atom. The van der Waals surface area contributed by atoms with Crippen LogP contribution in [0.15, 0.2) is 36.4 Å². The van der Waals surface area contributed by atoms with Crippen molar-refractivity contribution in [2.24, 2.45) is 0 Å². The number of hydrogen-bond acceptors (Lipinski definition) is 7. The summed E-state index contributed by atoms with van der Waals surface area (Å²) in [5.74, 6) is 1.62. The van der Waals surface area contributed by atoms with Crippen LogP contribution >= 0.6 is 22.9 Å². The van der Waals surface area contributed by atoms with Gasteiger partial charge >= 0.3 is 0 Å². The molecule has 9 heteroatoms. The van der Waals surface area contributed by atoms with E-state index >= 15 is 0 Å². The lowest BCUT2D eigenvalue weighted by Gasteiger charge is -2.36. The Balaban J connectivity index is 1.53. The summed E-state index contributed by atoms with van der Waals surface area (Å²) < 4.78 is 16.3. The van der Waals surface area contributed by atoms with Gasteiger partial charge in [-0.05, 0) is 37.3 Å². The highest BCUT2D eigenvalue weighted by molar-refractivity contribution is 7.17. The summed E-state index contributed by atoms with van der Waals surface area (Å²) in [4.78, 5) is 22.7. The number of halogens is 1. The van der Waals surface area contributed by atoms with Crippen LogP contribution in [-0.2, 0) is 0 Å². The van der Waals surface area contributed by atoms with Crippen LogP contribution < -0.4 is 19.1 Å². The average Bonchev–Trinajstić information content (AvgIpc) is 3.24. The van der Waals surface area contributed by atoms with Gasteiger partial charge in [-0.1, -0.05) is 17.7 Å². The number of ether oxygens (including phenoxy) is 3. The highest BCUT2D eigenvalue weighted by Gasteiger charge is 2.26. The minimum atomic E-state index is 0.00874. The average molecular weight is 488 g/mol. The highest BCUT2D eigenvalue weighted by Crippen LogP contribution is 2.42. The fourth-order valence-corrected chi connectivity index (χ4v) is 5.11. The third-order valence-electron chi connectivity index (χ3n) is 5.64. The van der Waals surface area contributed by atoms with Crippen molar-refractivity contribution in [1.29, 1.82) is 0 Å². The molecule has 0 saturated carbocycles. The molecule has 0 N–H and O–H groups in total. The molecule has 7 nitrogen and oxygen atoms in total. The van der Waals surface area contributed by atoms with E-state index in [4.69, 9.17) is 25.8 Å². The third-order valence-corrected chi connectivity index (χ3v) is 7.07. The normalized spacial score (nSPS) is 13.7. The Morgan fingerprint density at radius 1 is 1.00 bits per heavy atom. The van der Waals surface area contributed by atoms with E-state index in [1.807, 2.05) is 48.2 Å². The fraction of sp³-hybridized carbons (Fsp3) is 0.333. The molecule has 33 heavy (non-hydrogen) atoms. The second-order valence-electron chi connectivity index (χ2n) is 7.61. The number of carbonyl (C=O) groups is 1.